The molecule has 3 nitrogen and oxygen atoms in total. The van der Waals surface area contributed by atoms with Crippen LogP contribution in [0.3, 0.4) is 0 Å². The average molecular weight is 262 g/mol. The Balaban J connectivity index is 1.62. The van der Waals surface area contributed by atoms with Gasteiger partial charge in [0.2, 0.25) is 0 Å². The van der Waals surface area contributed by atoms with Gasteiger partial charge in [-0.05, 0) is 56.0 Å². The molecule has 0 aromatic heterocycles. The van der Waals surface area contributed by atoms with Crippen LogP contribution in [0.15, 0.2) is 24.3 Å². The zero-order chi connectivity index (χ0) is 13.5. The molecule has 0 bridgehead atoms. The van der Waals surface area contributed by atoms with Gasteiger partial charge in [0, 0.05) is 18.8 Å². The molecule has 1 aliphatic heterocycles. The Morgan fingerprint density at radius 1 is 1.32 bits per heavy atom. The van der Waals surface area contributed by atoms with Gasteiger partial charge in [-0.2, -0.15) is 0 Å². The van der Waals surface area contributed by atoms with Crippen molar-refractivity contribution in [1.82, 2.24) is 4.90 Å². The van der Waals surface area contributed by atoms with Crippen molar-refractivity contribution in [1.29, 1.82) is 0 Å². The van der Waals surface area contributed by atoms with E-state index in [1.165, 1.54) is 32.4 Å². The second-order valence-electron chi connectivity index (χ2n) is 5.49. The number of nitrogens with zero attached hydrogens (tertiary/aromatic N) is 1. The molecular weight excluding hydrogens is 236 g/mol. The van der Waals surface area contributed by atoms with E-state index in [-0.39, 0.29) is 0 Å². The van der Waals surface area contributed by atoms with E-state index in [4.69, 9.17) is 10.5 Å². The van der Waals surface area contributed by atoms with Gasteiger partial charge >= 0.3 is 0 Å². The maximum Gasteiger partial charge on any atom is 0.119 e. The van der Waals surface area contributed by atoms with Crippen LogP contribution in [0.4, 0.5) is 5.69 Å². The predicted octanol–water partition coefficient (Wildman–Crippen LogP) is 3.16. The van der Waals surface area contributed by atoms with E-state index >= 15 is 0 Å². The molecule has 106 valence electrons. The second-order valence-corrected chi connectivity index (χ2v) is 5.49. The second kappa shape index (κ2) is 7.39. The standard InChI is InChI=1S/C16H26N2O/c1-2-14-5-3-10-18(13-14)11-4-12-19-16-8-6-15(17)7-9-16/h6-9,14H,2-5,10-13,17H2,1H3. The normalized spacial score (nSPS) is 20.4. The van der Waals surface area contributed by atoms with E-state index in [2.05, 4.69) is 11.8 Å². The van der Waals surface area contributed by atoms with Crippen molar-refractivity contribution in [2.45, 2.75) is 32.6 Å². The molecule has 19 heavy (non-hydrogen) atoms. The highest BCUT2D eigenvalue weighted by atomic mass is 16.5. The Morgan fingerprint density at radius 3 is 2.84 bits per heavy atom. The van der Waals surface area contributed by atoms with Crippen molar-refractivity contribution >= 4 is 5.69 Å². The van der Waals surface area contributed by atoms with Crippen LogP contribution in [0.1, 0.15) is 32.6 Å². The van der Waals surface area contributed by atoms with E-state index in [0.29, 0.717) is 0 Å². The van der Waals surface area contributed by atoms with Crippen molar-refractivity contribution in [3.63, 3.8) is 0 Å². The van der Waals surface area contributed by atoms with Crippen LogP contribution in [0.5, 0.6) is 5.75 Å². The largest absolute Gasteiger partial charge is 0.494 e. The molecule has 1 atom stereocenters. The summed E-state index contributed by atoms with van der Waals surface area (Å²) in [6.45, 7) is 6.79. The first-order chi connectivity index (χ1) is 9.28. The van der Waals surface area contributed by atoms with Crippen LogP contribution < -0.4 is 10.5 Å². The summed E-state index contributed by atoms with van der Waals surface area (Å²) < 4.78 is 5.72. The Bertz CT molecular complexity index is 364. The predicted molar refractivity (Wildman–Crippen MR) is 80.4 cm³/mol. The number of nitrogens with two attached hydrogens (primary N) is 1. The third-order valence-electron chi connectivity index (χ3n) is 3.95. The number of hydrogen-bond acceptors (Lipinski definition) is 3. The van der Waals surface area contributed by atoms with Gasteiger partial charge in [-0.1, -0.05) is 13.3 Å². The fourth-order valence-electron chi connectivity index (χ4n) is 2.73. The van der Waals surface area contributed by atoms with Gasteiger partial charge in [-0.25, -0.2) is 0 Å². The van der Waals surface area contributed by atoms with Crippen LogP contribution in [-0.4, -0.2) is 31.1 Å². The van der Waals surface area contributed by atoms with Crippen LogP contribution in [0.25, 0.3) is 0 Å². The number of anilines is 1. The van der Waals surface area contributed by atoms with Crippen molar-refractivity contribution < 1.29 is 4.74 Å². The number of nitrogen functional groups attached to an aromatic ring is 1. The molecule has 3 heteroatoms. The number of ether oxygens (including phenoxy) is 1. The van der Waals surface area contributed by atoms with E-state index in [0.717, 1.165) is 36.9 Å². The van der Waals surface area contributed by atoms with Crippen LogP contribution in [0, 0.1) is 5.92 Å². The van der Waals surface area contributed by atoms with E-state index in [1.54, 1.807) is 0 Å². The van der Waals surface area contributed by atoms with Gasteiger partial charge in [-0.15, -0.1) is 0 Å². The fraction of sp³-hybridized carbons (Fsp3) is 0.625. The molecule has 1 saturated heterocycles. The number of likely N-dealkylation sites (tertiary alicyclic amines) is 1. The lowest BCUT2D eigenvalue weighted by atomic mass is 9.96. The summed E-state index contributed by atoms with van der Waals surface area (Å²) in [7, 11) is 0. The first kappa shape index (κ1) is 14.2. The molecule has 2 N–H and O–H groups in total. The van der Waals surface area contributed by atoms with E-state index in [9.17, 15) is 0 Å². The van der Waals surface area contributed by atoms with Gasteiger partial charge in [0.25, 0.3) is 0 Å². The maximum atomic E-state index is 5.72. The summed E-state index contributed by atoms with van der Waals surface area (Å²) in [4.78, 5) is 2.59. The molecule has 1 fully saturated rings. The number of rotatable bonds is 6. The smallest absolute Gasteiger partial charge is 0.119 e. The number of benzene rings is 1. The minimum atomic E-state index is 0.784. The van der Waals surface area contributed by atoms with Crippen LogP contribution >= 0.6 is 0 Å². The van der Waals surface area contributed by atoms with Gasteiger partial charge in [-0.3, -0.25) is 0 Å². The third-order valence-corrected chi connectivity index (χ3v) is 3.95. The monoisotopic (exact) mass is 262 g/mol. The molecular formula is C16H26N2O. The summed E-state index contributed by atoms with van der Waals surface area (Å²) in [5.74, 6) is 1.83. The Labute approximate surface area is 116 Å². The topological polar surface area (TPSA) is 38.5 Å². The van der Waals surface area contributed by atoms with Crippen molar-refractivity contribution in [2.75, 3.05) is 32.0 Å². The third kappa shape index (κ3) is 4.75. The first-order valence-corrected chi connectivity index (χ1v) is 7.48. The highest BCUT2D eigenvalue weighted by Gasteiger charge is 2.17. The zero-order valence-electron chi connectivity index (χ0n) is 12.0. The van der Waals surface area contributed by atoms with Crippen molar-refractivity contribution in [3.8, 4) is 5.75 Å². The first-order valence-electron chi connectivity index (χ1n) is 7.48. The van der Waals surface area contributed by atoms with Crippen LogP contribution in [0.2, 0.25) is 0 Å². The maximum absolute atomic E-state index is 5.72. The van der Waals surface area contributed by atoms with Gasteiger partial charge in [0.1, 0.15) is 5.75 Å². The summed E-state index contributed by atoms with van der Waals surface area (Å²) >= 11 is 0. The average Bonchev–Trinajstić information content (AvgIpc) is 2.46. The lowest BCUT2D eigenvalue weighted by Crippen LogP contribution is -2.36. The highest BCUT2D eigenvalue weighted by molar-refractivity contribution is 5.41. The van der Waals surface area contributed by atoms with Crippen molar-refractivity contribution in [2.24, 2.45) is 5.92 Å². The fourth-order valence-corrected chi connectivity index (χ4v) is 2.73. The van der Waals surface area contributed by atoms with Gasteiger partial charge in [0.05, 0.1) is 6.61 Å². The summed E-state index contributed by atoms with van der Waals surface area (Å²) in [6.07, 6.45) is 5.19. The zero-order valence-corrected chi connectivity index (χ0v) is 12.0. The minimum Gasteiger partial charge on any atom is -0.494 e. The molecule has 0 radical (unpaired) electrons. The Morgan fingerprint density at radius 2 is 2.11 bits per heavy atom. The minimum absolute atomic E-state index is 0.784. The molecule has 1 aromatic carbocycles. The molecule has 2 rings (SSSR count). The SMILES string of the molecule is CCC1CCCN(CCCOc2ccc(N)cc2)C1. The Hall–Kier alpha value is -1.22. The quantitative estimate of drug-likeness (QED) is 0.632. The van der Waals surface area contributed by atoms with Gasteiger partial charge < -0.3 is 15.4 Å². The van der Waals surface area contributed by atoms with Crippen molar-refractivity contribution in [3.05, 3.63) is 24.3 Å². The molecule has 0 saturated carbocycles. The molecule has 1 aromatic rings. The molecule has 1 unspecified atom stereocenters. The summed E-state index contributed by atoms with van der Waals surface area (Å²) in [5.41, 5.74) is 6.43. The Kier molecular flexibility index (Phi) is 5.52. The molecule has 1 aliphatic rings. The van der Waals surface area contributed by atoms with Crippen LogP contribution in [-0.2, 0) is 0 Å². The summed E-state index contributed by atoms with van der Waals surface area (Å²) in [5, 5.41) is 0. The summed E-state index contributed by atoms with van der Waals surface area (Å²) in [6, 6.07) is 7.63. The molecule has 0 aliphatic carbocycles. The molecule has 0 spiro atoms. The lowest BCUT2D eigenvalue weighted by Gasteiger charge is -2.32. The molecule has 0 amide bonds. The highest BCUT2D eigenvalue weighted by Crippen LogP contribution is 2.19. The molecule has 1 heterocycles. The van der Waals surface area contributed by atoms with Gasteiger partial charge in [0.15, 0.2) is 0 Å². The lowest BCUT2D eigenvalue weighted by molar-refractivity contribution is 0.160. The number of piperidine rings is 1. The van der Waals surface area contributed by atoms with E-state index < -0.39 is 0 Å². The van der Waals surface area contributed by atoms with E-state index in [1.807, 2.05) is 24.3 Å². The number of hydrogen-bond donors (Lipinski definition) is 1.